The van der Waals surface area contributed by atoms with Gasteiger partial charge in [-0.2, -0.15) is 0 Å². The summed E-state index contributed by atoms with van der Waals surface area (Å²) in [6, 6.07) is 23.2. The number of fused-ring (bicyclic) bond motifs is 1. The van der Waals surface area contributed by atoms with E-state index in [-0.39, 0.29) is 12.0 Å². The Morgan fingerprint density at radius 2 is 1.59 bits per heavy atom. The molecule has 0 radical (unpaired) electrons. The zero-order valence-electron chi connectivity index (χ0n) is 18.3. The molecule has 5 rings (SSSR count). The van der Waals surface area contributed by atoms with Crippen LogP contribution in [-0.4, -0.2) is 52.5 Å². The molecular formula is C27H29N3O2. The van der Waals surface area contributed by atoms with E-state index in [1.165, 1.54) is 11.1 Å². The summed E-state index contributed by atoms with van der Waals surface area (Å²) >= 11 is 0. The van der Waals surface area contributed by atoms with Gasteiger partial charge in [0.15, 0.2) is 0 Å². The molecule has 5 heteroatoms. The second-order valence-corrected chi connectivity index (χ2v) is 8.81. The molecule has 1 amide bonds. The van der Waals surface area contributed by atoms with Crippen molar-refractivity contribution in [1.82, 2.24) is 14.8 Å². The first-order valence-electron chi connectivity index (χ1n) is 11.4. The molecule has 0 N–H and O–H groups in total. The lowest BCUT2D eigenvalue weighted by Gasteiger charge is -2.28. The summed E-state index contributed by atoms with van der Waals surface area (Å²) < 4.78 is 6.36. The highest BCUT2D eigenvalue weighted by Crippen LogP contribution is 2.27. The van der Waals surface area contributed by atoms with Gasteiger partial charge in [-0.1, -0.05) is 60.7 Å². The van der Waals surface area contributed by atoms with Crippen LogP contribution in [0.4, 0.5) is 0 Å². The average molecular weight is 428 g/mol. The first-order chi connectivity index (χ1) is 15.7. The standard InChI is InChI=1S/C27H29N3O2/c31-27-19-29(25-13-23-10-4-5-11-24(23)14-25)17-26(32-20-22-9-6-12-28-15-22)18-30(27)16-21-7-2-1-3-8-21/h1-12,15,25-26H,13-14,16-20H2/t26-/m1/s1. The smallest absolute Gasteiger partial charge is 0.237 e. The number of aromatic nitrogens is 1. The van der Waals surface area contributed by atoms with Crippen LogP contribution in [0.1, 0.15) is 22.3 Å². The molecule has 0 bridgehead atoms. The normalized spacial score (nSPS) is 19.7. The molecule has 1 aliphatic carbocycles. The molecule has 3 aromatic rings. The van der Waals surface area contributed by atoms with Gasteiger partial charge in [-0.05, 0) is 41.2 Å². The number of rotatable bonds is 6. The highest BCUT2D eigenvalue weighted by atomic mass is 16.5. The van der Waals surface area contributed by atoms with Gasteiger partial charge >= 0.3 is 0 Å². The summed E-state index contributed by atoms with van der Waals surface area (Å²) in [6.45, 7) is 2.92. The molecule has 2 heterocycles. The topological polar surface area (TPSA) is 45.7 Å². The van der Waals surface area contributed by atoms with Gasteiger partial charge in [-0.25, -0.2) is 0 Å². The van der Waals surface area contributed by atoms with E-state index in [1.807, 2.05) is 41.4 Å². The second-order valence-electron chi connectivity index (χ2n) is 8.81. The van der Waals surface area contributed by atoms with Crippen molar-refractivity contribution in [3.63, 3.8) is 0 Å². The lowest BCUT2D eigenvalue weighted by molar-refractivity contribution is -0.132. The third-order valence-corrected chi connectivity index (χ3v) is 6.52. The Morgan fingerprint density at radius 1 is 0.875 bits per heavy atom. The fourth-order valence-corrected chi connectivity index (χ4v) is 4.84. The van der Waals surface area contributed by atoms with Crippen molar-refractivity contribution in [1.29, 1.82) is 0 Å². The van der Waals surface area contributed by atoms with Gasteiger partial charge in [-0.3, -0.25) is 14.7 Å². The zero-order chi connectivity index (χ0) is 21.8. The minimum Gasteiger partial charge on any atom is -0.370 e. The molecule has 2 aromatic carbocycles. The summed E-state index contributed by atoms with van der Waals surface area (Å²) in [7, 11) is 0. The van der Waals surface area contributed by atoms with E-state index < -0.39 is 0 Å². The van der Waals surface area contributed by atoms with E-state index in [4.69, 9.17) is 4.74 Å². The van der Waals surface area contributed by atoms with Crippen LogP contribution in [0.3, 0.4) is 0 Å². The maximum Gasteiger partial charge on any atom is 0.237 e. The van der Waals surface area contributed by atoms with E-state index in [0.29, 0.717) is 32.3 Å². The lowest BCUT2D eigenvalue weighted by atomic mass is 10.1. The Bertz CT molecular complexity index is 1020. The highest BCUT2D eigenvalue weighted by Gasteiger charge is 2.34. The summed E-state index contributed by atoms with van der Waals surface area (Å²) in [5.41, 5.74) is 5.01. The monoisotopic (exact) mass is 427 g/mol. The minimum atomic E-state index is -0.0471. The maximum atomic E-state index is 13.3. The number of carbonyl (C=O) groups excluding carboxylic acids is 1. The molecular weight excluding hydrogens is 398 g/mol. The molecule has 1 fully saturated rings. The molecule has 1 aliphatic heterocycles. The van der Waals surface area contributed by atoms with Gasteiger partial charge in [0.2, 0.25) is 5.91 Å². The third kappa shape index (κ3) is 4.90. The molecule has 0 unspecified atom stereocenters. The molecule has 0 spiro atoms. The van der Waals surface area contributed by atoms with E-state index >= 15 is 0 Å². The molecule has 0 saturated carbocycles. The number of carbonyl (C=O) groups is 1. The van der Waals surface area contributed by atoms with Crippen molar-refractivity contribution in [2.75, 3.05) is 19.6 Å². The van der Waals surface area contributed by atoms with E-state index in [1.54, 1.807) is 6.20 Å². The number of amides is 1. The predicted molar refractivity (Wildman–Crippen MR) is 124 cm³/mol. The SMILES string of the molecule is O=C1CN(C2Cc3ccccc3C2)C[C@@H](OCc2cccnc2)CN1Cc1ccccc1. The summed E-state index contributed by atoms with van der Waals surface area (Å²) in [4.78, 5) is 21.8. The van der Waals surface area contributed by atoms with Crippen LogP contribution in [-0.2, 0) is 35.5 Å². The van der Waals surface area contributed by atoms with Gasteiger partial charge in [0, 0.05) is 38.1 Å². The van der Waals surface area contributed by atoms with Crippen LogP contribution >= 0.6 is 0 Å². The Labute approximate surface area is 189 Å². The first-order valence-corrected chi connectivity index (χ1v) is 11.4. The van der Waals surface area contributed by atoms with Gasteiger partial charge in [0.1, 0.15) is 0 Å². The van der Waals surface area contributed by atoms with E-state index in [2.05, 4.69) is 46.3 Å². The highest BCUT2D eigenvalue weighted by molar-refractivity contribution is 5.78. The van der Waals surface area contributed by atoms with Gasteiger partial charge < -0.3 is 9.64 Å². The fourth-order valence-electron chi connectivity index (χ4n) is 4.84. The number of hydrogen-bond donors (Lipinski definition) is 0. The molecule has 1 aromatic heterocycles. The van der Waals surface area contributed by atoms with Crippen LogP contribution in [0.25, 0.3) is 0 Å². The Hall–Kier alpha value is -3.02. The fraction of sp³-hybridized carbons (Fsp3) is 0.333. The van der Waals surface area contributed by atoms with Gasteiger partial charge in [0.25, 0.3) is 0 Å². The van der Waals surface area contributed by atoms with Crippen LogP contribution < -0.4 is 0 Å². The van der Waals surface area contributed by atoms with Crippen molar-refractivity contribution in [3.8, 4) is 0 Å². The lowest BCUT2D eigenvalue weighted by Crippen LogP contribution is -2.43. The van der Waals surface area contributed by atoms with Gasteiger partial charge in [0.05, 0.1) is 19.3 Å². The maximum absolute atomic E-state index is 13.3. The second kappa shape index (κ2) is 9.63. The Morgan fingerprint density at radius 3 is 2.31 bits per heavy atom. The van der Waals surface area contributed by atoms with Crippen molar-refractivity contribution < 1.29 is 9.53 Å². The number of pyridine rings is 1. The quantitative estimate of drug-likeness (QED) is 0.604. The predicted octanol–water partition coefficient (Wildman–Crippen LogP) is 3.48. The van der Waals surface area contributed by atoms with E-state index in [9.17, 15) is 4.79 Å². The number of benzene rings is 2. The van der Waals surface area contributed by atoms with Crippen molar-refractivity contribution in [2.24, 2.45) is 0 Å². The van der Waals surface area contributed by atoms with Crippen LogP contribution in [0.5, 0.6) is 0 Å². The van der Waals surface area contributed by atoms with Crippen LogP contribution in [0.2, 0.25) is 0 Å². The molecule has 5 nitrogen and oxygen atoms in total. The molecule has 32 heavy (non-hydrogen) atoms. The van der Waals surface area contributed by atoms with Crippen molar-refractivity contribution in [2.45, 2.75) is 38.1 Å². The van der Waals surface area contributed by atoms with E-state index in [0.717, 1.165) is 30.5 Å². The van der Waals surface area contributed by atoms with Gasteiger partial charge in [-0.15, -0.1) is 0 Å². The average Bonchev–Trinajstić information content (AvgIpc) is 3.20. The van der Waals surface area contributed by atoms with Crippen LogP contribution in [0, 0.1) is 0 Å². The Kier molecular flexibility index (Phi) is 6.28. The summed E-state index contributed by atoms with van der Waals surface area (Å²) in [5, 5.41) is 0. The number of ether oxygens (including phenoxy) is 1. The molecule has 1 atom stereocenters. The zero-order valence-corrected chi connectivity index (χ0v) is 18.3. The molecule has 1 saturated heterocycles. The first kappa shape index (κ1) is 20.9. The largest absolute Gasteiger partial charge is 0.370 e. The van der Waals surface area contributed by atoms with Crippen molar-refractivity contribution >= 4 is 5.91 Å². The summed E-state index contributed by atoms with van der Waals surface area (Å²) in [5.74, 6) is 0.178. The van der Waals surface area contributed by atoms with Crippen molar-refractivity contribution in [3.05, 3.63) is 101 Å². The van der Waals surface area contributed by atoms with Crippen LogP contribution in [0.15, 0.2) is 79.1 Å². The summed E-state index contributed by atoms with van der Waals surface area (Å²) in [6.07, 6.45) is 5.56. The number of nitrogens with zero attached hydrogens (tertiary/aromatic N) is 3. The Balaban J connectivity index is 1.33. The molecule has 164 valence electrons. The molecule has 2 aliphatic rings. The number of hydrogen-bond acceptors (Lipinski definition) is 4. The minimum absolute atomic E-state index is 0.0471. The third-order valence-electron chi connectivity index (χ3n) is 6.52.